The molecule has 0 aromatic carbocycles. The maximum Gasteiger partial charge on any atom is 0.421 e. The van der Waals surface area contributed by atoms with Crippen molar-refractivity contribution < 1.29 is 13.2 Å². The van der Waals surface area contributed by atoms with Crippen LogP contribution in [0.4, 0.5) is 30.6 Å². The molecule has 0 spiro atoms. The Bertz CT molecular complexity index is 987. The standard InChI is InChI=1S/C17H21F3N8/c1-10-12(9-28(25-10)16(2,3)13-6-7-27(5)26-13)23-15-22-8-11(17(18,19)20)14(21-4)24-15/h6-9H,1-5H3,(H2,21,22,23,24). The molecule has 150 valence electrons. The number of rotatable bonds is 5. The fourth-order valence-electron chi connectivity index (χ4n) is 2.69. The molecule has 11 heteroatoms. The van der Waals surface area contributed by atoms with Crippen molar-refractivity contribution in [1.29, 1.82) is 0 Å². The molecule has 0 saturated carbocycles. The molecular weight excluding hydrogens is 373 g/mol. The average molecular weight is 394 g/mol. The second kappa shape index (κ2) is 6.80. The summed E-state index contributed by atoms with van der Waals surface area (Å²) >= 11 is 0. The second-order valence-corrected chi connectivity index (χ2v) is 6.84. The maximum absolute atomic E-state index is 13.0. The average Bonchev–Trinajstić information content (AvgIpc) is 3.21. The number of hydrogen-bond donors (Lipinski definition) is 2. The molecule has 0 aliphatic rings. The van der Waals surface area contributed by atoms with E-state index in [-0.39, 0.29) is 11.8 Å². The first kappa shape index (κ1) is 19.6. The molecule has 0 bridgehead atoms. The van der Waals surface area contributed by atoms with E-state index in [1.165, 1.54) is 7.05 Å². The van der Waals surface area contributed by atoms with Crippen LogP contribution < -0.4 is 10.6 Å². The van der Waals surface area contributed by atoms with Gasteiger partial charge in [0.25, 0.3) is 0 Å². The molecule has 3 aromatic heterocycles. The van der Waals surface area contributed by atoms with Gasteiger partial charge in [-0.3, -0.25) is 9.36 Å². The fourth-order valence-corrected chi connectivity index (χ4v) is 2.69. The van der Waals surface area contributed by atoms with Gasteiger partial charge in [0, 0.05) is 32.7 Å². The molecular formula is C17H21F3N8. The quantitative estimate of drug-likeness (QED) is 0.691. The summed E-state index contributed by atoms with van der Waals surface area (Å²) in [6.45, 7) is 5.73. The van der Waals surface area contributed by atoms with Crippen LogP contribution in [-0.4, -0.2) is 36.6 Å². The Kier molecular flexibility index (Phi) is 4.77. The minimum absolute atomic E-state index is 0.0376. The number of alkyl halides is 3. The number of aromatic nitrogens is 6. The fraction of sp³-hybridized carbons (Fsp3) is 0.412. The number of halogens is 3. The first-order valence-corrected chi connectivity index (χ1v) is 8.48. The van der Waals surface area contributed by atoms with Gasteiger partial charge in [-0.25, -0.2) is 4.98 Å². The van der Waals surface area contributed by atoms with Crippen LogP contribution in [0.25, 0.3) is 0 Å². The Balaban J connectivity index is 1.90. The highest BCUT2D eigenvalue weighted by atomic mass is 19.4. The number of nitrogens with one attached hydrogen (secondary N) is 2. The zero-order valence-electron chi connectivity index (χ0n) is 16.1. The van der Waals surface area contributed by atoms with Gasteiger partial charge in [-0.1, -0.05) is 0 Å². The molecule has 2 N–H and O–H groups in total. The topological polar surface area (TPSA) is 85.5 Å². The zero-order chi connectivity index (χ0) is 20.7. The minimum atomic E-state index is -4.54. The van der Waals surface area contributed by atoms with Crippen molar-refractivity contribution in [1.82, 2.24) is 29.5 Å². The Morgan fingerprint density at radius 3 is 2.43 bits per heavy atom. The minimum Gasteiger partial charge on any atom is -0.372 e. The van der Waals surface area contributed by atoms with E-state index in [2.05, 4.69) is 30.8 Å². The predicted octanol–water partition coefficient (Wildman–Crippen LogP) is 3.30. The van der Waals surface area contributed by atoms with Gasteiger partial charge in [-0.2, -0.15) is 28.4 Å². The normalized spacial score (nSPS) is 12.3. The van der Waals surface area contributed by atoms with E-state index >= 15 is 0 Å². The van der Waals surface area contributed by atoms with Gasteiger partial charge in [0.05, 0.1) is 17.1 Å². The number of anilines is 3. The van der Waals surface area contributed by atoms with Crippen LogP contribution in [0, 0.1) is 6.92 Å². The monoisotopic (exact) mass is 394 g/mol. The summed E-state index contributed by atoms with van der Waals surface area (Å²) in [7, 11) is 3.21. The van der Waals surface area contributed by atoms with E-state index in [9.17, 15) is 13.2 Å². The van der Waals surface area contributed by atoms with Crippen molar-refractivity contribution in [2.45, 2.75) is 32.5 Å². The summed E-state index contributed by atoms with van der Waals surface area (Å²) in [4.78, 5) is 7.71. The number of aryl methyl sites for hydroxylation is 2. The van der Waals surface area contributed by atoms with Gasteiger partial charge in [0.15, 0.2) is 0 Å². The van der Waals surface area contributed by atoms with Crippen molar-refractivity contribution in [2.24, 2.45) is 7.05 Å². The van der Waals surface area contributed by atoms with E-state index in [1.54, 1.807) is 22.5 Å². The molecule has 3 heterocycles. The van der Waals surface area contributed by atoms with Crippen LogP contribution in [0.2, 0.25) is 0 Å². The molecule has 0 unspecified atom stereocenters. The largest absolute Gasteiger partial charge is 0.421 e. The van der Waals surface area contributed by atoms with Crippen molar-refractivity contribution in [3.8, 4) is 0 Å². The van der Waals surface area contributed by atoms with Gasteiger partial charge >= 0.3 is 6.18 Å². The van der Waals surface area contributed by atoms with Crippen LogP contribution in [-0.2, 0) is 18.8 Å². The summed E-state index contributed by atoms with van der Waals surface area (Å²) in [5, 5.41) is 14.3. The van der Waals surface area contributed by atoms with Crippen LogP contribution in [0.15, 0.2) is 24.7 Å². The molecule has 0 amide bonds. The SMILES string of the molecule is CNc1nc(Nc2cn(C(C)(C)c3ccn(C)n3)nc2C)ncc1C(F)(F)F. The third kappa shape index (κ3) is 3.64. The zero-order valence-corrected chi connectivity index (χ0v) is 16.1. The Labute approximate surface area is 159 Å². The molecule has 0 radical (unpaired) electrons. The van der Waals surface area contributed by atoms with Crippen molar-refractivity contribution >= 4 is 17.5 Å². The summed E-state index contributed by atoms with van der Waals surface area (Å²) in [5.41, 5.74) is 0.615. The Hall–Kier alpha value is -3.11. The summed E-state index contributed by atoms with van der Waals surface area (Å²) in [6.07, 6.45) is -0.185. The summed E-state index contributed by atoms with van der Waals surface area (Å²) in [5.74, 6) is -0.264. The van der Waals surface area contributed by atoms with Crippen molar-refractivity contribution in [3.05, 3.63) is 41.6 Å². The first-order valence-electron chi connectivity index (χ1n) is 8.48. The number of hydrogen-bond acceptors (Lipinski definition) is 6. The summed E-state index contributed by atoms with van der Waals surface area (Å²) in [6, 6.07) is 1.91. The first-order chi connectivity index (χ1) is 13.0. The molecule has 0 saturated heterocycles. The number of nitrogens with zero attached hydrogens (tertiary/aromatic N) is 6. The second-order valence-electron chi connectivity index (χ2n) is 6.84. The lowest BCUT2D eigenvalue weighted by atomic mass is 10.0. The lowest BCUT2D eigenvalue weighted by Crippen LogP contribution is -2.29. The van der Waals surface area contributed by atoms with Crippen LogP contribution in [0.3, 0.4) is 0 Å². The van der Waals surface area contributed by atoms with Gasteiger partial charge in [0.1, 0.15) is 16.9 Å². The van der Waals surface area contributed by atoms with Gasteiger partial charge in [0.2, 0.25) is 5.95 Å². The molecule has 0 aliphatic heterocycles. The van der Waals surface area contributed by atoms with Gasteiger partial charge in [-0.05, 0) is 26.8 Å². The highest BCUT2D eigenvalue weighted by Gasteiger charge is 2.35. The predicted molar refractivity (Wildman–Crippen MR) is 98.5 cm³/mol. The van der Waals surface area contributed by atoms with Gasteiger partial charge < -0.3 is 10.6 Å². The molecule has 0 aliphatic carbocycles. The van der Waals surface area contributed by atoms with Crippen molar-refractivity contribution in [3.63, 3.8) is 0 Å². The third-order valence-electron chi connectivity index (χ3n) is 4.39. The summed E-state index contributed by atoms with van der Waals surface area (Å²) < 4.78 is 42.4. The van der Waals surface area contributed by atoms with Gasteiger partial charge in [-0.15, -0.1) is 0 Å². The Morgan fingerprint density at radius 2 is 1.86 bits per heavy atom. The van der Waals surface area contributed by atoms with E-state index in [0.29, 0.717) is 11.4 Å². The maximum atomic E-state index is 13.0. The van der Waals surface area contributed by atoms with Crippen LogP contribution in [0.1, 0.15) is 30.8 Å². The molecule has 3 rings (SSSR count). The molecule has 8 nitrogen and oxygen atoms in total. The highest BCUT2D eigenvalue weighted by Crippen LogP contribution is 2.34. The van der Waals surface area contributed by atoms with Crippen molar-refractivity contribution in [2.75, 3.05) is 17.7 Å². The highest BCUT2D eigenvalue weighted by molar-refractivity contribution is 5.58. The van der Waals surface area contributed by atoms with E-state index in [0.717, 1.165) is 11.9 Å². The van der Waals surface area contributed by atoms with E-state index in [1.807, 2.05) is 33.2 Å². The molecule has 3 aromatic rings. The lowest BCUT2D eigenvalue weighted by Gasteiger charge is -2.23. The molecule has 0 atom stereocenters. The smallest absolute Gasteiger partial charge is 0.372 e. The molecule has 28 heavy (non-hydrogen) atoms. The third-order valence-corrected chi connectivity index (χ3v) is 4.39. The van der Waals surface area contributed by atoms with Crippen LogP contribution >= 0.6 is 0 Å². The molecule has 0 fully saturated rings. The van der Waals surface area contributed by atoms with E-state index < -0.39 is 17.3 Å². The van der Waals surface area contributed by atoms with Crippen LogP contribution in [0.5, 0.6) is 0 Å². The Morgan fingerprint density at radius 1 is 1.14 bits per heavy atom. The lowest BCUT2D eigenvalue weighted by molar-refractivity contribution is -0.137. The van der Waals surface area contributed by atoms with E-state index in [4.69, 9.17) is 0 Å².